The molecular weight excluding hydrogens is 601 g/mol. The number of carbonyl (C=O) groups excluding carboxylic acids is 4. The number of carbonyl (C=O) groups is 4. The van der Waals surface area contributed by atoms with Crippen LogP contribution in [0.25, 0.3) is 0 Å². The van der Waals surface area contributed by atoms with Crippen LogP contribution in [0.4, 0.5) is 11.5 Å². The molecule has 1 atom stereocenters. The molecule has 1 saturated heterocycles. The highest BCUT2D eigenvalue weighted by atomic mass is 35.5. The summed E-state index contributed by atoms with van der Waals surface area (Å²) in [5.41, 5.74) is 7.14. The Morgan fingerprint density at radius 1 is 1.12 bits per heavy atom. The average Bonchev–Trinajstić information content (AvgIpc) is 3.23. The van der Waals surface area contributed by atoms with Gasteiger partial charge >= 0.3 is 5.97 Å². The maximum atomic E-state index is 13.3. The van der Waals surface area contributed by atoms with E-state index in [1.165, 1.54) is 42.5 Å². The molecule has 13 heteroatoms. The van der Waals surface area contributed by atoms with Crippen LogP contribution in [0.5, 0.6) is 0 Å². The number of hydrogen-bond acceptors (Lipinski definition) is 10. The number of anilines is 2. The quantitative estimate of drug-likeness (QED) is 0.198. The van der Waals surface area contributed by atoms with Gasteiger partial charge in [-0.1, -0.05) is 48.8 Å². The average molecular weight is 622 g/mol. The largest absolute Gasteiger partial charge is 0.454 e. The Hall–Kier alpha value is -4.42. The van der Waals surface area contributed by atoms with Crippen molar-refractivity contribution in [3.63, 3.8) is 0 Å². The SMILES string of the molecule is CC(C)c1c(C#N)c(N)nc(SC2CC(=O)N(c3ccc(C(=O)OCC(=O)c4ccc(Cl)cc4Cl)cc3)C2=O)c1C#N. The molecule has 2 amide bonds. The Bertz CT molecular complexity index is 1710. The lowest BCUT2D eigenvalue weighted by molar-refractivity contribution is -0.121. The highest BCUT2D eigenvalue weighted by Gasteiger charge is 2.41. The number of ether oxygens (including phenoxy) is 1. The predicted octanol–water partition coefficient (Wildman–Crippen LogP) is 5.30. The smallest absolute Gasteiger partial charge is 0.338 e. The molecule has 0 aliphatic carbocycles. The molecule has 2 heterocycles. The molecule has 10 nitrogen and oxygen atoms in total. The summed E-state index contributed by atoms with van der Waals surface area (Å²) >= 11 is 12.8. The van der Waals surface area contributed by atoms with E-state index in [0.717, 1.165) is 16.7 Å². The predicted molar refractivity (Wildman–Crippen MR) is 156 cm³/mol. The zero-order chi connectivity index (χ0) is 30.7. The van der Waals surface area contributed by atoms with Gasteiger partial charge < -0.3 is 10.5 Å². The first kappa shape index (κ1) is 30.5. The van der Waals surface area contributed by atoms with Crippen LogP contribution in [0.1, 0.15) is 63.6 Å². The zero-order valence-electron chi connectivity index (χ0n) is 22.2. The van der Waals surface area contributed by atoms with Crippen LogP contribution < -0.4 is 10.6 Å². The number of rotatable bonds is 8. The van der Waals surface area contributed by atoms with Gasteiger partial charge in [0, 0.05) is 17.0 Å². The Morgan fingerprint density at radius 2 is 1.79 bits per heavy atom. The Morgan fingerprint density at radius 3 is 2.38 bits per heavy atom. The van der Waals surface area contributed by atoms with Crippen molar-refractivity contribution in [2.45, 2.75) is 36.5 Å². The molecule has 4 rings (SSSR count). The van der Waals surface area contributed by atoms with Gasteiger partial charge in [-0.2, -0.15) is 10.5 Å². The Kier molecular flexibility index (Phi) is 9.17. The van der Waals surface area contributed by atoms with E-state index in [4.69, 9.17) is 33.7 Å². The maximum Gasteiger partial charge on any atom is 0.338 e. The number of hydrogen-bond donors (Lipinski definition) is 1. The van der Waals surface area contributed by atoms with Gasteiger partial charge in [0.05, 0.1) is 32.7 Å². The Balaban J connectivity index is 1.47. The van der Waals surface area contributed by atoms with Crippen molar-refractivity contribution in [3.05, 3.63) is 80.3 Å². The van der Waals surface area contributed by atoms with E-state index >= 15 is 0 Å². The molecule has 1 fully saturated rings. The fraction of sp³-hybridized carbons (Fsp3) is 0.207. The van der Waals surface area contributed by atoms with Gasteiger partial charge in [0.2, 0.25) is 17.6 Å². The normalized spacial score (nSPS) is 14.5. The van der Waals surface area contributed by atoms with Gasteiger partial charge in [0.25, 0.3) is 0 Å². The van der Waals surface area contributed by atoms with Gasteiger partial charge in [0.1, 0.15) is 23.0 Å². The van der Waals surface area contributed by atoms with Gasteiger partial charge in [-0.3, -0.25) is 14.4 Å². The van der Waals surface area contributed by atoms with E-state index in [9.17, 15) is 29.7 Å². The van der Waals surface area contributed by atoms with Crippen LogP contribution in [0, 0.1) is 22.7 Å². The van der Waals surface area contributed by atoms with Crippen molar-refractivity contribution in [3.8, 4) is 12.1 Å². The van der Waals surface area contributed by atoms with Gasteiger partial charge in [-0.25, -0.2) is 14.7 Å². The van der Waals surface area contributed by atoms with Crippen molar-refractivity contribution in [1.29, 1.82) is 10.5 Å². The molecule has 1 aliphatic rings. The zero-order valence-corrected chi connectivity index (χ0v) is 24.5. The monoisotopic (exact) mass is 621 g/mol. The van der Waals surface area contributed by atoms with Gasteiger partial charge in [-0.05, 0) is 53.9 Å². The summed E-state index contributed by atoms with van der Waals surface area (Å²) in [6, 6.07) is 13.9. The number of nitrogens with zero attached hydrogens (tertiary/aromatic N) is 4. The van der Waals surface area contributed by atoms with E-state index < -0.39 is 35.4 Å². The first-order valence-corrected chi connectivity index (χ1v) is 14.0. The number of aromatic nitrogens is 1. The molecule has 0 bridgehead atoms. The lowest BCUT2D eigenvalue weighted by Crippen LogP contribution is -2.31. The molecule has 2 aromatic carbocycles. The molecule has 1 aromatic heterocycles. The van der Waals surface area contributed by atoms with Gasteiger partial charge in [0.15, 0.2) is 6.61 Å². The minimum atomic E-state index is -0.889. The number of amides is 2. The number of thioether (sulfide) groups is 1. The molecule has 1 aliphatic heterocycles. The van der Waals surface area contributed by atoms with Crippen molar-refractivity contribution in [2.24, 2.45) is 0 Å². The standard InChI is InChI=1S/C29H21Cl2N5O5S/c1-14(2)25-19(11-32)26(34)35-27(20(25)12-33)42-23-10-24(38)36(28(23)39)17-6-3-15(4-7-17)29(40)41-13-22(37)18-8-5-16(30)9-21(18)31/h3-9,14,23H,10,13H2,1-2H3,(H2,34,35). The van der Waals surface area contributed by atoms with Crippen LogP contribution in [0.15, 0.2) is 47.5 Å². The van der Waals surface area contributed by atoms with Crippen LogP contribution in [0.2, 0.25) is 10.0 Å². The second-order valence-electron chi connectivity index (χ2n) is 9.39. The summed E-state index contributed by atoms with van der Waals surface area (Å²) in [7, 11) is 0. The molecule has 0 spiro atoms. The molecule has 42 heavy (non-hydrogen) atoms. The number of imide groups is 1. The summed E-state index contributed by atoms with van der Waals surface area (Å²) in [4.78, 5) is 56.2. The van der Waals surface area contributed by atoms with Crippen LogP contribution in [0.3, 0.4) is 0 Å². The molecule has 3 aromatic rings. The van der Waals surface area contributed by atoms with Crippen molar-refractivity contribution in [1.82, 2.24) is 4.98 Å². The molecular formula is C29H21Cl2N5O5S. The van der Waals surface area contributed by atoms with Crippen molar-refractivity contribution < 1.29 is 23.9 Å². The van der Waals surface area contributed by atoms with Crippen LogP contribution >= 0.6 is 35.0 Å². The first-order chi connectivity index (χ1) is 20.0. The number of halogens is 2. The number of nitriles is 2. The third kappa shape index (κ3) is 6.09. The summed E-state index contributed by atoms with van der Waals surface area (Å²) in [5.74, 6) is -2.60. The van der Waals surface area contributed by atoms with E-state index in [1.807, 2.05) is 19.9 Å². The molecule has 2 N–H and O–H groups in total. The molecule has 1 unspecified atom stereocenters. The summed E-state index contributed by atoms with van der Waals surface area (Å²) in [6.45, 7) is 3.06. The number of ketones is 1. The number of pyridine rings is 1. The first-order valence-electron chi connectivity index (χ1n) is 12.4. The summed E-state index contributed by atoms with van der Waals surface area (Å²) in [6.07, 6.45) is -0.161. The highest BCUT2D eigenvalue weighted by Crippen LogP contribution is 2.38. The third-order valence-corrected chi connectivity index (χ3v) is 8.04. The second kappa shape index (κ2) is 12.6. The summed E-state index contributed by atoms with van der Waals surface area (Å²) < 4.78 is 5.10. The van der Waals surface area contributed by atoms with E-state index in [2.05, 4.69) is 11.1 Å². The molecule has 212 valence electrons. The van der Waals surface area contributed by atoms with Crippen molar-refractivity contribution >= 4 is 70.0 Å². The topological polar surface area (TPSA) is 167 Å². The number of esters is 1. The number of nitrogen functional groups attached to an aromatic ring is 1. The number of Topliss-reactive ketones (excluding diaryl/α,β-unsaturated/α-hetero) is 1. The van der Waals surface area contributed by atoms with Crippen molar-refractivity contribution in [2.75, 3.05) is 17.2 Å². The summed E-state index contributed by atoms with van der Waals surface area (Å²) in [5, 5.41) is 19.1. The lowest BCUT2D eigenvalue weighted by atomic mass is 9.94. The fourth-order valence-electron chi connectivity index (χ4n) is 4.34. The number of nitrogens with two attached hydrogens (primary N) is 1. The van der Waals surface area contributed by atoms with E-state index in [1.54, 1.807) is 0 Å². The minimum absolute atomic E-state index is 0.0585. The lowest BCUT2D eigenvalue weighted by Gasteiger charge is -2.17. The highest BCUT2D eigenvalue weighted by molar-refractivity contribution is 8.00. The van der Waals surface area contributed by atoms with Crippen LogP contribution in [-0.4, -0.2) is 40.4 Å². The van der Waals surface area contributed by atoms with E-state index in [-0.39, 0.29) is 56.1 Å². The van der Waals surface area contributed by atoms with E-state index in [0.29, 0.717) is 10.6 Å². The molecule has 0 saturated carbocycles. The molecule has 0 radical (unpaired) electrons. The second-order valence-corrected chi connectivity index (χ2v) is 11.4. The Labute approximate surface area is 255 Å². The van der Waals surface area contributed by atoms with Crippen LogP contribution in [-0.2, 0) is 14.3 Å². The minimum Gasteiger partial charge on any atom is -0.454 e. The third-order valence-electron chi connectivity index (χ3n) is 6.32. The maximum absolute atomic E-state index is 13.3. The fourth-order valence-corrected chi connectivity index (χ4v) is 5.98. The van der Waals surface area contributed by atoms with Gasteiger partial charge in [-0.15, -0.1) is 0 Å². The number of benzene rings is 2.